The maximum Gasteiger partial charge on any atom is 0.416 e. The minimum atomic E-state index is -4.37. The number of rotatable bonds is 3. The van der Waals surface area contributed by atoms with E-state index < -0.39 is 17.8 Å². The zero-order valence-corrected chi connectivity index (χ0v) is 12.0. The maximum atomic E-state index is 13.3. The number of fused-ring (bicyclic) bond motifs is 1. The molecular weight excluding hydrogens is 289 g/mol. The van der Waals surface area contributed by atoms with Crippen LogP contribution in [0.25, 0.3) is 0 Å². The van der Waals surface area contributed by atoms with Crippen molar-refractivity contribution < 1.29 is 13.2 Å². The fourth-order valence-electron chi connectivity index (χ4n) is 3.16. The van der Waals surface area contributed by atoms with Gasteiger partial charge in [0.2, 0.25) is 0 Å². The van der Waals surface area contributed by atoms with Crippen LogP contribution in [0.2, 0.25) is 0 Å². The topological polar surface area (TPSA) is 29.3 Å². The Morgan fingerprint density at radius 2 is 1.73 bits per heavy atom. The van der Waals surface area contributed by atoms with Gasteiger partial charge in [-0.15, -0.1) is 0 Å². The summed E-state index contributed by atoms with van der Waals surface area (Å²) in [5.41, 5.74) is 7.63. The van der Waals surface area contributed by atoms with Crippen molar-refractivity contribution in [3.63, 3.8) is 0 Å². The second kappa shape index (κ2) is 5.65. The molecule has 5 heteroatoms. The number of hydrogen-bond donors (Lipinski definition) is 1. The summed E-state index contributed by atoms with van der Waals surface area (Å²) in [4.78, 5) is 1.99. The highest BCUT2D eigenvalue weighted by atomic mass is 19.4. The summed E-state index contributed by atoms with van der Waals surface area (Å²) in [6.07, 6.45) is -3.54. The van der Waals surface area contributed by atoms with Gasteiger partial charge in [-0.25, -0.2) is 0 Å². The normalized spacial score (nSPS) is 15.7. The first-order valence-electron chi connectivity index (χ1n) is 7.23. The van der Waals surface area contributed by atoms with Crippen molar-refractivity contribution in [2.45, 2.75) is 18.6 Å². The third-order valence-corrected chi connectivity index (χ3v) is 4.15. The van der Waals surface area contributed by atoms with Crippen LogP contribution in [-0.4, -0.2) is 13.1 Å². The minimum Gasteiger partial charge on any atom is -0.363 e. The summed E-state index contributed by atoms with van der Waals surface area (Å²) in [7, 11) is 0. The van der Waals surface area contributed by atoms with Gasteiger partial charge in [-0.1, -0.05) is 36.4 Å². The Balaban J connectivity index is 2.04. The Kier molecular flexibility index (Phi) is 3.83. The largest absolute Gasteiger partial charge is 0.416 e. The zero-order valence-electron chi connectivity index (χ0n) is 12.0. The molecule has 1 unspecified atom stereocenters. The predicted octanol–water partition coefficient (Wildman–Crippen LogP) is 3.77. The number of halogens is 3. The van der Waals surface area contributed by atoms with Crippen LogP contribution >= 0.6 is 0 Å². The van der Waals surface area contributed by atoms with Gasteiger partial charge >= 0.3 is 6.18 Å². The first-order valence-corrected chi connectivity index (χ1v) is 7.23. The number of anilines is 1. The molecule has 1 heterocycles. The van der Waals surface area contributed by atoms with Crippen LogP contribution in [0, 0.1) is 0 Å². The highest BCUT2D eigenvalue weighted by molar-refractivity contribution is 5.60. The number of benzene rings is 2. The van der Waals surface area contributed by atoms with E-state index in [9.17, 15) is 13.2 Å². The summed E-state index contributed by atoms with van der Waals surface area (Å²) < 4.78 is 39.8. The Bertz CT molecular complexity index is 667. The van der Waals surface area contributed by atoms with E-state index >= 15 is 0 Å². The monoisotopic (exact) mass is 306 g/mol. The van der Waals surface area contributed by atoms with E-state index in [2.05, 4.69) is 0 Å². The lowest BCUT2D eigenvalue weighted by molar-refractivity contribution is -0.138. The fourth-order valence-corrected chi connectivity index (χ4v) is 3.16. The Labute approximate surface area is 127 Å². The molecular formula is C17H17F3N2. The van der Waals surface area contributed by atoms with Gasteiger partial charge in [-0.05, 0) is 29.7 Å². The average Bonchev–Trinajstić information content (AvgIpc) is 2.92. The average molecular weight is 306 g/mol. The van der Waals surface area contributed by atoms with Crippen LogP contribution in [0.4, 0.5) is 18.9 Å². The summed E-state index contributed by atoms with van der Waals surface area (Å²) in [5, 5.41) is 0. The number of nitrogens with two attached hydrogens (primary N) is 1. The van der Waals surface area contributed by atoms with Crippen molar-refractivity contribution in [3.05, 3.63) is 65.2 Å². The molecule has 0 aromatic heterocycles. The summed E-state index contributed by atoms with van der Waals surface area (Å²) in [5.74, 6) is 0. The molecule has 1 atom stereocenters. The fraction of sp³-hybridized carbons (Fsp3) is 0.294. The molecule has 1 aliphatic heterocycles. The number of alkyl halides is 3. The predicted molar refractivity (Wildman–Crippen MR) is 80.7 cm³/mol. The number of para-hydroxylation sites is 1. The lowest BCUT2D eigenvalue weighted by atomic mass is 9.98. The quantitative estimate of drug-likeness (QED) is 0.935. The molecule has 22 heavy (non-hydrogen) atoms. The molecule has 1 aliphatic rings. The lowest BCUT2D eigenvalue weighted by Crippen LogP contribution is -2.34. The van der Waals surface area contributed by atoms with E-state index in [0.29, 0.717) is 6.54 Å². The van der Waals surface area contributed by atoms with Gasteiger partial charge in [0.15, 0.2) is 0 Å². The Hall–Kier alpha value is -2.01. The molecule has 2 aromatic carbocycles. The number of hydrogen-bond acceptors (Lipinski definition) is 2. The Morgan fingerprint density at radius 3 is 2.45 bits per heavy atom. The van der Waals surface area contributed by atoms with Gasteiger partial charge in [0.1, 0.15) is 0 Å². The molecule has 0 bridgehead atoms. The lowest BCUT2D eigenvalue weighted by Gasteiger charge is -2.31. The molecule has 2 aromatic rings. The first kappa shape index (κ1) is 14.9. The zero-order chi connectivity index (χ0) is 15.7. The third-order valence-electron chi connectivity index (χ3n) is 4.15. The van der Waals surface area contributed by atoms with Crippen LogP contribution < -0.4 is 10.6 Å². The van der Waals surface area contributed by atoms with Crippen LogP contribution in [0.1, 0.15) is 22.7 Å². The van der Waals surface area contributed by atoms with E-state index in [-0.39, 0.29) is 12.1 Å². The van der Waals surface area contributed by atoms with Gasteiger partial charge < -0.3 is 10.6 Å². The second-order valence-electron chi connectivity index (χ2n) is 5.41. The van der Waals surface area contributed by atoms with Crippen LogP contribution in [0.5, 0.6) is 0 Å². The van der Waals surface area contributed by atoms with Crippen molar-refractivity contribution in [2.24, 2.45) is 5.73 Å². The Morgan fingerprint density at radius 1 is 1.05 bits per heavy atom. The molecule has 0 fully saturated rings. The third kappa shape index (κ3) is 2.57. The molecule has 0 saturated heterocycles. The van der Waals surface area contributed by atoms with Crippen molar-refractivity contribution in [1.82, 2.24) is 0 Å². The number of nitrogens with zero attached hydrogens (tertiary/aromatic N) is 1. The summed E-state index contributed by atoms with van der Waals surface area (Å²) >= 11 is 0. The molecule has 0 saturated carbocycles. The standard InChI is InChI=1S/C17H17F3N2/c18-17(19,20)14-7-3-2-6-13(14)16(11-21)22-10-9-12-5-1-4-8-15(12)22/h1-8,16H,9-11,21H2. The van der Waals surface area contributed by atoms with Gasteiger partial charge in [-0.2, -0.15) is 13.2 Å². The van der Waals surface area contributed by atoms with E-state index in [0.717, 1.165) is 23.7 Å². The molecule has 2 nitrogen and oxygen atoms in total. The summed E-state index contributed by atoms with van der Waals surface area (Å²) in [6, 6.07) is 13.0. The van der Waals surface area contributed by atoms with Crippen LogP contribution in [0.3, 0.4) is 0 Å². The minimum absolute atomic E-state index is 0.140. The van der Waals surface area contributed by atoms with Gasteiger partial charge in [0.05, 0.1) is 11.6 Å². The van der Waals surface area contributed by atoms with Crippen molar-refractivity contribution in [3.8, 4) is 0 Å². The van der Waals surface area contributed by atoms with Gasteiger partial charge in [-0.3, -0.25) is 0 Å². The van der Waals surface area contributed by atoms with Crippen molar-refractivity contribution in [2.75, 3.05) is 18.0 Å². The molecule has 0 aliphatic carbocycles. The maximum absolute atomic E-state index is 13.3. The first-order chi connectivity index (χ1) is 10.5. The van der Waals surface area contributed by atoms with Crippen molar-refractivity contribution in [1.29, 1.82) is 0 Å². The molecule has 0 radical (unpaired) electrons. The van der Waals surface area contributed by atoms with E-state index in [4.69, 9.17) is 5.73 Å². The van der Waals surface area contributed by atoms with Gasteiger partial charge in [0.25, 0.3) is 0 Å². The van der Waals surface area contributed by atoms with E-state index in [1.54, 1.807) is 6.07 Å². The van der Waals surface area contributed by atoms with Crippen LogP contribution in [0.15, 0.2) is 48.5 Å². The highest BCUT2D eigenvalue weighted by Gasteiger charge is 2.37. The van der Waals surface area contributed by atoms with E-state index in [1.165, 1.54) is 12.1 Å². The molecule has 2 N–H and O–H groups in total. The molecule has 0 spiro atoms. The SMILES string of the molecule is NCC(c1ccccc1C(F)(F)F)N1CCc2ccccc21. The van der Waals surface area contributed by atoms with Crippen LogP contribution in [-0.2, 0) is 12.6 Å². The molecule has 3 rings (SSSR count). The van der Waals surface area contributed by atoms with Gasteiger partial charge in [0, 0.05) is 18.8 Å². The van der Waals surface area contributed by atoms with E-state index in [1.807, 2.05) is 29.2 Å². The highest BCUT2D eigenvalue weighted by Crippen LogP contribution is 2.39. The smallest absolute Gasteiger partial charge is 0.363 e. The summed E-state index contributed by atoms with van der Waals surface area (Å²) in [6.45, 7) is 0.828. The van der Waals surface area contributed by atoms with Crippen molar-refractivity contribution >= 4 is 5.69 Å². The molecule has 116 valence electrons. The second-order valence-corrected chi connectivity index (χ2v) is 5.41. The molecule has 0 amide bonds.